The van der Waals surface area contributed by atoms with Gasteiger partial charge in [-0.15, -0.1) is 0 Å². The van der Waals surface area contributed by atoms with Crippen LogP contribution in [0.3, 0.4) is 0 Å². The summed E-state index contributed by atoms with van der Waals surface area (Å²) in [5.41, 5.74) is 6.11. The number of hydrogen-bond donors (Lipinski definition) is 1. The Balaban J connectivity index is 1.95. The number of imidazole rings is 1. The van der Waals surface area contributed by atoms with Gasteiger partial charge in [-0.25, -0.2) is 4.98 Å². The van der Waals surface area contributed by atoms with Crippen LogP contribution >= 0.6 is 11.6 Å². The lowest BCUT2D eigenvalue weighted by Gasteiger charge is -2.14. The maximum Gasteiger partial charge on any atom is 0.129 e. The molecule has 1 unspecified atom stereocenters. The minimum absolute atomic E-state index is 0.239. The minimum atomic E-state index is -0.239. The summed E-state index contributed by atoms with van der Waals surface area (Å²) in [4.78, 5) is 4.30. The Morgan fingerprint density at radius 1 is 1.37 bits per heavy atom. The Labute approximate surface area is 118 Å². The highest BCUT2D eigenvalue weighted by Crippen LogP contribution is 2.17. The van der Waals surface area contributed by atoms with Gasteiger partial charge in [0.2, 0.25) is 0 Å². The number of hydrogen-bond acceptors (Lipinski definition) is 3. The quantitative estimate of drug-likeness (QED) is 0.884. The molecule has 0 saturated heterocycles. The molecule has 0 aliphatic carbocycles. The van der Waals surface area contributed by atoms with E-state index in [2.05, 4.69) is 16.5 Å². The molecule has 0 aliphatic rings. The van der Waals surface area contributed by atoms with E-state index in [0.717, 1.165) is 24.5 Å². The zero-order chi connectivity index (χ0) is 13.7. The second-order valence-corrected chi connectivity index (χ2v) is 4.79. The second kappa shape index (κ2) is 6.59. The predicted molar refractivity (Wildman–Crippen MR) is 76.4 cm³/mol. The first kappa shape index (κ1) is 13.9. The van der Waals surface area contributed by atoms with E-state index in [1.54, 1.807) is 18.3 Å². The van der Waals surface area contributed by atoms with E-state index in [-0.39, 0.29) is 6.04 Å². The van der Waals surface area contributed by atoms with Gasteiger partial charge in [-0.3, -0.25) is 0 Å². The van der Waals surface area contributed by atoms with E-state index >= 15 is 0 Å². The van der Waals surface area contributed by atoms with Crippen molar-refractivity contribution in [1.82, 2.24) is 9.55 Å². The topological polar surface area (TPSA) is 53.1 Å². The zero-order valence-corrected chi connectivity index (χ0v) is 11.7. The molecule has 4 nitrogen and oxygen atoms in total. The Morgan fingerprint density at radius 3 is 2.79 bits per heavy atom. The number of aryl methyl sites for hydroxylation is 1. The third-order valence-corrected chi connectivity index (χ3v) is 3.04. The van der Waals surface area contributed by atoms with Crippen LogP contribution in [-0.2, 0) is 6.54 Å². The molecule has 1 aromatic heterocycles. The maximum absolute atomic E-state index is 6.11. The summed E-state index contributed by atoms with van der Waals surface area (Å²) in [5.74, 6) is 1.62. The summed E-state index contributed by atoms with van der Waals surface area (Å²) in [6.07, 6.45) is 4.77. The molecular weight excluding hydrogens is 262 g/mol. The molecule has 19 heavy (non-hydrogen) atoms. The molecular formula is C14H18ClN3O. The highest BCUT2D eigenvalue weighted by Gasteiger charge is 2.12. The van der Waals surface area contributed by atoms with Crippen LogP contribution in [0, 0.1) is 0 Å². The summed E-state index contributed by atoms with van der Waals surface area (Å²) < 4.78 is 7.71. The van der Waals surface area contributed by atoms with E-state index < -0.39 is 0 Å². The molecule has 0 saturated carbocycles. The van der Waals surface area contributed by atoms with E-state index in [0.29, 0.717) is 11.6 Å². The van der Waals surface area contributed by atoms with Gasteiger partial charge in [-0.1, -0.05) is 18.5 Å². The molecule has 1 atom stereocenters. The van der Waals surface area contributed by atoms with Crippen molar-refractivity contribution < 1.29 is 4.74 Å². The van der Waals surface area contributed by atoms with Crippen LogP contribution in [0.5, 0.6) is 5.75 Å². The zero-order valence-electron chi connectivity index (χ0n) is 10.9. The molecule has 1 heterocycles. The van der Waals surface area contributed by atoms with Gasteiger partial charge in [0, 0.05) is 24.0 Å². The summed E-state index contributed by atoms with van der Waals surface area (Å²) in [6.45, 7) is 3.44. The van der Waals surface area contributed by atoms with Crippen LogP contribution in [0.25, 0.3) is 0 Å². The van der Waals surface area contributed by atoms with Gasteiger partial charge >= 0.3 is 0 Å². The third-order valence-electron chi connectivity index (χ3n) is 2.79. The lowest BCUT2D eigenvalue weighted by Crippen LogP contribution is -2.23. The van der Waals surface area contributed by atoms with Crippen LogP contribution in [-0.4, -0.2) is 16.2 Å². The first-order valence-electron chi connectivity index (χ1n) is 6.35. The van der Waals surface area contributed by atoms with Gasteiger partial charge < -0.3 is 15.0 Å². The molecule has 0 spiro atoms. The number of ether oxygens (including phenoxy) is 1. The number of nitrogens with zero attached hydrogens (tertiary/aromatic N) is 2. The lowest BCUT2D eigenvalue weighted by atomic mass is 10.3. The lowest BCUT2D eigenvalue weighted by molar-refractivity contribution is 0.282. The molecule has 2 rings (SSSR count). The minimum Gasteiger partial charge on any atom is -0.491 e. The molecule has 5 heteroatoms. The van der Waals surface area contributed by atoms with Crippen molar-refractivity contribution in [3.8, 4) is 5.75 Å². The van der Waals surface area contributed by atoms with Crippen molar-refractivity contribution in [3.63, 3.8) is 0 Å². The van der Waals surface area contributed by atoms with E-state index in [1.165, 1.54) is 0 Å². The molecule has 0 fully saturated rings. The van der Waals surface area contributed by atoms with Gasteiger partial charge in [0.05, 0.1) is 6.04 Å². The molecule has 102 valence electrons. The Morgan fingerprint density at radius 2 is 2.11 bits per heavy atom. The second-order valence-electron chi connectivity index (χ2n) is 4.35. The standard InChI is InChI=1S/C14H18ClN3O/c1-2-8-18-9-7-17-14(18)13(16)10-19-12-5-3-11(15)4-6-12/h3-7,9,13H,2,8,10,16H2,1H3. The average molecular weight is 280 g/mol. The van der Waals surface area contributed by atoms with Crippen molar-refractivity contribution in [2.45, 2.75) is 25.9 Å². The fourth-order valence-electron chi connectivity index (χ4n) is 1.87. The normalized spacial score (nSPS) is 12.4. The van der Waals surface area contributed by atoms with Crippen LogP contribution in [0.4, 0.5) is 0 Å². The van der Waals surface area contributed by atoms with Crippen molar-refractivity contribution in [3.05, 3.63) is 47.5 Å². The maximum atomic E-state index is 6.11. The number of halogens is 1. The van der Waals surface area contributed by atoms with Gasteiger partial charge in [-0.2, -0.15) is 0 Å². The number of benzene rings is 1. The van der Waals surface area contributed by atoms with Gasteiger partial charge in [0.1, 0.15) is 18.2 Å². The molecule has 0 bridgehead atoms. The fraction of sp³-hybridized carbons (Fsp3) is 0.357. The largest absolute Gasteiger partial charge is 0.491 e. The summed E-state index contributed by atoms with van der Waals surface area (Å²) in [7, 11) is 0. The summed E-state index contributed by atoms with van der Waals surface area (Å²) in [6, 6.07) is 7.00. The van der Waals surface area contributed by atoms with Gasteiger partial charge in [0.15, 0.2) is 0 Å². The molecule has 2 aromatic rings. The highest BCUT2D eigenvalue weighted by atomic mass is 35.5. The molecule has 0 aliphatic heterocycles. The number of aromatic nitrogens is 2. The first-order chi connectivity index (χ1) is 9.20. The van der Waals surface area contributed by atoms with Crippen molar-refractivity contribution >= 4 is 11.6 Å². The third kappa shape index (κ3) is 3.72. The Bertz CT molecular complexity index is 510. The Kier molecular flexibility index (Phi) is 4.82. The molecule has 1 aromatic carbocycles. The fourth-order valence-corrected chi connectivity index (χ4v) is 2.00. The van der Waals surface area contributed by atoms with Gasteiger partial charge in [0.25, 0.3) is 0 Å². The van der Waals surface area contributed by atoms with Gasteiger partial charge in [-0.05, 0) is 30.7 Å². The van der Waals surface area contributed by atoms with Crippen molar-refractivity contribution in [1.29, 1.82) is 0 Å². The highest BCUT2D eigenvalue weighted by molar-refractivity contribution is 6.30. The first-order valence-corrected chi connectivity index (χ1v) is 6.73. The Hall–Kier alpha value is -1.52. The number of rotatable bonds is 6. The summed E-state index contributed by atoms with van der Waals surface area (Å²) in [5, 5.41) is 0.690. The monoisotopic (exact) mass is 279 g/mol. The van der Waals surface area contributed by atoms with E-state index in [9.17, 15) is 0 Å². The average Bonchev–Trinajstić information content (AvgIpc) is 2.86. The smallest absolute Gasteiger partial charge is 0.129 e. The van der Waals surface area contributed by atoms with Crippen molar-refractivity contribution in [2.75, 3.05) is 6.61 Å². The number of nitrogens with two attached hydrogens (primary N) is 1. The SMILES string of the molecule is CCCn1ccnc1C(N)COc1ccc(Cl)cc1. The molecule has 0 amide bonds. The molecule has 0 radical (unpaired) electrons. The van der Waals surface area contributed by atoms with E-state index in [4.69, 9.17) is 22.1 Å². The summed E-state index contributed by atoms with van der Waals surface area (Å²) >= 11 is 5.82. The molecule has 2 N–H and O–H groups in total. The van der Waals surface area contributed by atoms with Crippen LogP contribution in [0.1, 0.15) is 25.2 Å². The van der Waals surface area contributed by atoms with Crippen LogP contribution < -0.4 is 10.5 Å². The van der Waals surface area contributed by atoms with Crippen LogP contribution in [0.2, 0.25) is 5.02 Å². The van der Waals surface area contributed by atoms with E-state index in [1.807, 2.05) is 18.3 Å². The predicted octanol–water partition coefficient (Wildman–Crippen LogP) is 3.03. The van der Waals surface area contributed by atoms with Crippen LogP contribution in [0.15, 0.2) is 36.7 Å². The van der Waals surface area contributed by atoms with Crippen molar-refractivity contribution in [2.24, 2.45) is 5.73 Å².